The summed E-state index contributed by atoms with van der Waals surface area (Å²) in [6.07, 6.45) is 2.82. The van der Waals surface area contributed by atoms with E-state index < -0.39 is 35.8 Å². The zero-order chi connectivity index (χ0) is 17.8. The lowest BCUT2D eigenvalue weighted by molar-refractivity contribution is -0.159. The van der Waals surface area contributed by atoms with Gasteiger partial charge in [0.2, 0.25) is 0 Å². The SMILES string of the molecule is CCCc1ccc(CC2(C(=O)OC)CCC(CO)(CO)C2=O)cc1. The number of hydrogen-bond acceptors (Lipinski definition) is 5. The van der Waals surface area contributed by atoms with Gasteiger partial charge in [-0.2, -0.15) is 0 Å². The van der Waals surface area contributed by atoms with Crippen LogP contribution in [0.3, 0.4) is 0 Å². The highest BCUT2D eigenvalue weighted by atomic mass is 16.5. The van der Waals surface area contributed by atoms with Crippen LogP contribution in [0.25, 0.3) is 0 Å². The second kappa shape index (κ2) is 7.45. The van der Waals surface area contributed by atoms with Crippen LogP contribution in [0, 0.1) is 10.8 Å². The van der Waals surface area contributed by atoms with E-state index in [0.717, 1.165) is 18.4 Å². The predicted molar refractivity (Wildman–Crippen MR) is 89.4 cm³/mol. The van der Waals surface area contributed by atoms with E-state index in [1.165, 1.54) is 12.7 Å². The number of esters is 1. The molecule has 24 heavy (non-hydrogen) atoms. The van der Waals surface area contributed by atoms with Crippen LogP contribution in [-0.4, -0.2) is 42.3 Å². The molecule has 1 aliphatic carbocycles. The number of aliphatic hydroxyl groups is 2. The van der Waals surface area contributed by atoms with Crippen molar-refractivity contribution in [3.05, 3.63) is 35.4 Å². The molecule has 2 rings (SSSR count). The second-order valence-electron chi connectivity index (χ2n) is 6.74. The van der Waals surface area contributed by atoms with E-state index in [2.05, 4.69) is 6.92 Å². The monoisotopic (exact) mass is 334 g/mol. The van der Waals surface area contributed by atoms with E-state index in [4.69, 9.17) is 4.74 Å². The molecule has 0 heterocycles. The summed E-state index contributed by atoms with van der Waals surface area (Å²) in [7, 11) is 1.26. The fourth-order valence-electron chi connectivity index (χ4n) is 3.63. The Bertz CT molecular complexity index is 588. The molecule has 2 N–H and O–H groups in total. The Morgan fingerprint density at radius 2 is 1.71 bits per heavy atom. The summed E-state index contributed by atoms with van der Waals surface area (Å²) in [4.78, 5) is 25.4. The topological polar surface area (TPSA) is 83.8 Å². The number of carbonyl (C=O) groups is 2. The van der Waals surface area contributed by atoms with E-state index in [1.807, 2.05) is 24.3 Å². The molecule has 1 saturated carbocycles. The van der Waals surface area contributed by atoms with Gasteiger partial charge in [-0.3, -0.25) is 9.59 Å². The number of benzene rings is 1. The van der Waals surface area contributed by atoms with E-state index in [0.29, 0.717) is 0 Å². The Morgan fingerprint density at radius 1 is 1.12 bits per heavy atom. The Balaban J connectivity index is 2.33. The van der Waals surface area contributed by atoms with Crippen molar-refractivity contribution in [2.24, 2.45) is 10.8 Å². The van der Waals surface area contributed by atoms with Gasteiger partial charge in [0.05, 0.1) is 25.7 Å². The van der Waals surface area contributed by atoms with E-state index in [9.17, 15) is 19.8 Å². The zero-order valence-electron chi connectivity index (χ0n) is 14.4. The number of aryl methyl sites for hydroxylation is 1. The molecular formula is C19H26O5. The molecule has 5 nitrogen and oxygen atoms in total. The third-order valence-electron chi connectivity index (χ3n) is 5.20. The summed E-state index contributed by atoms with van der Waals surface area (Å²) in [5, 5.41) is 19.2. The van der Waals surface area contributed by atoms with Crippen molar-refractivity contribution in [1.29, 1.82) is 0 Å². The van der Waals surface area contributed by atoms with Crippen molar-refractivity contribution in [2.75, 3.05) is 20.3 Å². The van der Waals surface area contributed by atoms with Crippen molar-refractivity contribution < 1.29 is 24.5 Å². The van der Waals surface area contributed by atoms with Gasteiger partial charge >= 0.3 is 5.97 Å². The number of aliphatic hydroxyl groups excluding tert-OH is 2. The first-order chi connectivity index (χ1) is 11.5. The van der Waals surface area contributed by atoms with Gasteiger partial charge in [-0.25, -0.2) is 0 Å². The third kappa shape index (κ3) is 3.10. The van der Waals surface area contributed by atoms with Crippen LogP contribution in [-0.2, 0) is 27.2 Å². The minimum absolute atomic E-state index is 0.229. The minimum atomic E-state index is -1.33. The molecule has 0 saturated heterocycles. The quantitative estimate of drug-likeness (QED) is 0.585. The lowest BCUT2D eigenvalue weighted by atomic mass is 9.74. The molecule has 5 heteroatoms. The van der Waals surface area contributed by atoms with Crippen LogP contribution in [0.15, 0.2) is 24.3 Å². The summed E-state index contributed by atoms with van der Waals surface area (Å²) in [6.45, 7) is 1.19. The molecule has 1 atom stereocenters. The third-order valence-corrected chi connectivity index (χ3v) is 5.20. The van der Waals surface area contributed by atoms with Gasteiger partial charge < -0.3 is 14.9 Å². The fourth-order valence-corrected chi connectivity index (χ4v) is 3.63. The van der Waals surface area contributed by atoms with Gasteiger partial charge in [0.25, 0.3) is 0 Å². The molecule has 1 fully saturated rings. The number of methoxy groups -OCH3 is 1. The Hall–Kier alpha value is -1.72. The first-order valence-corrected chi connectivity index (χ1v) is 8.41. The molecule has 1 aliphatic rings. The highest BCUT2D eigenvalue weighted by Gasteiger charge is 2.60. The zero-order valence-corrected chi connectivity index (χ0v) is 14.4. The molecule has 1 aromatic rings. The normalized spacial score (nSPS) is 22.6. The van der Waals surface area contributed by atoms with Crippen molar-refractivity contribution in [3.8, 4) is 0 Å². The summed E-state index contributed by atoms with van der Waals surface area (Å²) >= 11 is 0. The maximum atomic E-state index is 13.0. The van der Waals surface area contributed by atoms with Crippen molar-refractivity contribution in [2.45, 2.75) is 39.0 Å². The predicted octanol–water partition coefficient (Wildman–Crippen LogP) is 1.67. The molecule has 1 unspecified atom stereocenters. The number of Topliss-reactive ketones (excluding diaryl/α,β-unsaturated/α-hetero) is 1. The van der Waals surface area contributed by atoms with Crippen LogP contribution >= 0.6 is 0 Å². The summed E-state index contributed by atoms with van der Waals surface area (Å²) in [5.74, 6) is -1.00. The number of ketones is 1. The van der Waals surface area contributed by atoms with Crippen LogP contribution in [0.1, 0.15) is 37.3 Å². The van der Waals surface area contributed by atoms with Crippen LogP contribution < -0.4 is 0 Å². The minimum Gasteiger partial charge on any atom is -0.468 e. The van der Waals surface area contributed by atoms with Gasteiger partial charge in [0, 0.05) is 0 Å². The van der Waals surface area contributed by atoms with Gasteiger partial charge in [-0.05, 0) is 36.8 Å². The lowest BCUT2D eigenvalue weighted by Crippen LogP contribution is -2.46. The van der Waals surface area contributed by atoms with Crippen LogP contribution in [0.2, 0.25) is 0 Å². The molecule has 0 radical (unpaired) electrons. The fraction of sp³-hybridized carbons (Fsp3) is 0.579. The molecule has 0 amide bonds. The van der Waals surface area contributed by atoms with E-state index in [-0.39, 0.29) is 19.3 Å². The molecular weight excluding hydrogens is 308 g/mol. The molecule has 0 aliphatic heterocycles. The average molecular weight is 334 g/mol. The highest BCUT2D eigenvalue weighted by molar-refractivity contribution is 6.08. The molecule has 0 spiro atoms. The first-order valence-electron chi connectivity index (χ1n) is 8.41. The van der Waals surface area contributed by atoms with Gasteiger partial charge in [0.15, 0.2) is 5.78 Å². The number of hydrogen-bond donors (Lipinski definition) is 2. The summed E-state index contributed by atoms with van der Waals surface area (Å²) in [5.41, 5.74) is -0.491. The molecule has 1 aromatic carbocycles. The van der Waals surface area contributed by atoms with Crippen LogP contribution in [0.4, 0.5) is 0 Å². The lowest BCUT2D eigenvalue weighted by Gasteiger charge is -2.28. The number of carbonyl (C=O) groups excluding carboxylic acids is 2. The average Bonchev–Trinajstić information content (AvgIpc) is 2.90. The largest absolute Gasteiger partial charge is 0.468 e. The highest BCUT2D eigenvalue weighted by Crippen LogP contribution is 2.48. The van der Waals surface area contributed by atoms with E-state index >= 15 is 0 Å². The summed E-state index contributed by atoms with van der Waals surface area (Å²) in [6, 6.07) is 7.88. The van der Waals surface area contributed by atoms with E-state index in [1.54, 1.807) is 0 Å². The van der Waals surface area contributed by atoms with Crippen molar-refractivity contribution in [1.82, 2.24) is 0 Å². The molecule has 132 valence electrons. The van der Waals surface area contributed by atoms with Gasteiger partial charge in [-0.1, -0.05) is 37.6 Å². The standard InChI is InChI=1S/C19H26O5/c1-3-4-14-5-7-15(8-6-14)11-19(17(23)24-2)10-9-18(12-20,13-21)16(19)22/h5-8,20-21H,3-4,9-13H2,1-2H3. The second-order valence-corrected chi connectivity index (χ2v) is 6.74. The maximum Gasteiger partial charge on any atom is 0.319 e. The molecule has 0 aromatic heterocycles. The Kier molecular flexibility index (Phi) is 5.78. The maximum absolute atomic E-state index is 13.0. The summed E-state index contributed by atoms with van der Waals surface area (Å²) < 4.78 is 4.90. The smallest absolute Gasteiger partial charge is 0.319 e. The number of ether oxygens (including phenoxy) is 1. The Labute approximate surface area is 142 Å². The van der Waals surface area contributed by atoms with Crippen molar-refractivity contribution >= 4 is 11.8 Å². The van der Waals surface area contributed by atoms with Crippen molar-refractivity contribution in [3.63, 3.8) is 0 Å². The number of rotatable bonds is 7. The van der Waals surface area contributed by atoms with Gasteiger partial charge in [-0.15, -0.1) is 0 Å². The Morgan fingerprint density at radius 3 is 2.17 bits per heavy atom. The van der Waals surface area contributed by atoms with Crippen LogP contribution in [0.5, 0.6) is 0 Å². The molecule has 0 bridgehead atoms. The first kappa shape index (κ1) is 18.6. The van der Waals surface area contributed by atoms with Gasteiger partial charge in [0.1, 0.15) is 5.41 Å².